The van der Waals surface area contributed by atoms with Crippen LogP contribution in [0.5, 0.6) is 0 Å². The molecule has 28 heavy (non-hydrogen) atoms. The van der Waals surface area contributed by atoms with Crippen LogP contribution >= 0.6 is 15.9 Å². The second-order valence-electron chi connectivity index (χ2n) is 7.22. The highest BCUT2D eigenvalue weighted by atomic mass is 79.9. The lowest BCUT2D eigenvalue weighted by Crippen LogP contribution is -2.49. The molecule has 1 aliphatic carbocycles. The van der Waals surface area contributed by atoms with E-state index in [1.165, 1.54) is 5.57 Å². The van der Waals surface area contributed by atoms with E-state index in [9.17, 15) is 14.4 Å². The molecule has 0 aromatic heterocycles. The number of hydrogen-bond donors (Lipinski definition) is 1. The van der Waals surface area contributed by atoms with Crippen molar-refractivity contribution in [1.82, 2.24) is 10.4 Å². The van der Waals surface area contributed by atoms with Gasteiger partial charge in [0.25, 0.3) is 11.8 Å². The van der Waals surface area contributed by atoms with Gasteiger partial charge in [-0.15, -0.1) is 0 Å². The summed E-state index contributed by atoms with van der Waals surface area (Å²) in [6.45, 7) is 2.06. The molecule has 1 aliphatic heterocycles. The lowest BCUT2D eigenvalue weighted by molar-refractivity contribution is -0.129. The van der Waals surface area contributed by atoms with E-state index in [1.807, 2.05) is 24.3 Å². The first-order valence-corrected chi connectivity index (χ1v) is 9.94. The Morgan fingerprint density at radius 2 is 1.64 bits per heavy atom. The highest BCUT2D eigenvalue weighted by Gasteiger charge is 2.39. The van der Waals surface area contributed by atoms with E-state index >= 15 is 0 Å². The second-order valence-corrected chi connectivity index (χ2v) is 8.14. The average Bonchev–Trinajstić information content (AvgIpc) is 2.93. The highest BCUT2D eigenvalue weighted by molar-refractivity contribution is 9.10. The fourth-order valence-electron chi connectivity index (χ4n) is 3.90. The smallest absolute Gasteiger partial charge is 0.273 e. The van der Waals surface area contributed by atoms with Gasteiger partial charge in [0.05, 0.1) is 17.0 Å². The molecular formula is C22H19BrN2O3. The van der Waals surface area contributed by atoms with Gasteiger partial charge in [0.2, 0.25) is 5.91 Å². The van der Waals surface area contributed by atoms with Crippen LogP contribution in [0, 0.1) is 5.92 Å². The van der Waals surface area contributed by atoms with Gasteiger partial charge in [-0.3, -0.25) is 19.8 Å². The minimum Gasteiger partial charge on any atom is -0.273 e. The Labute approximate surface area is 171 Å². The predicted octanol–water partition coefficient (Wildman–Crippen LogP) is 4.22. The molecule has 1 N–H and O–H groups in total. The molecule has 3 amide bonds. The molecule has 142 valence electrons. The molecule has 6 heteroatoms. The SMILES string of the molecule is CC1=CC[C@@H](C(=O)NN2C(=O)c3ccccc3C2=O)[C@@H](c2ccc(Br)cc2)C1. The number of fused-ring (bicyclic) bond motifs is 1. The van der Waals surface area contributed by atoms with Crippen molar-refractivity contribution < 1.29 is 14.4 Å². The van der Waals surface area contributed by atoms with Gasteiger partial charge in [-0.2, -0.15) is 5.01 Å². The molecule has 0 unspecified atom stereocenters. The van der Waals surface area contributed by atoms with Crippen molar-refractivity contribution >= 4 is 33.7 Å². The molecule has 0 spiro atoms. The van der Waals surface area contributed by atoms with E-state index in [0.717, 1.165) is 21.5 Å². The van der Waals surface area contributed by atoms with Crippen molar-refractivity contribution in [2.45, 2.75) is 25.7 Å². The van der Waals surface area contributed by atoms with Crippen molar-refractivity contribution in [3.63, 3.8) is 0 Å². The van der Waals surface area contributed by atoms with Gasteiger partial charge in [-0.05, 0) is 55.5 Å². The zero-order valence-electron chi connectivity index (χ0n) is 15.3. The summed E-state index contributed by atoms with van der Waals surface area (Å²) < 4.78 is 0.978. The van der Waals surface area contributed by atoms with Gasteiger partial charge >= 0.3 is 0 Å². The summed E-state index contributed by atoms with van der Waals surface area (Å²) in [6, 6.07) is 14.5. The molecule has 4 rings (SSSR count). The van der Waals surface area contributed by atoms with E-state index in [2.05, 4.69) is 34.4 Å². The van der Waals surface area contributed by atoms with Crippen LogP contribution in [0.2, 0.25) is 0 Å². The maximum absolute atomic E-state index is 13.1. The number of rotatable bonds is 3. The molecule has 5 nitrogen and oxygen atoms in total. The van der Waals surface area contributed by atoms with Gasteiger partial charge in [-0.1, -0.05) is 51.8 Å². The van der Waals surface area contributed by atoms with E-state index < -0.39 is 11.8 Å². The number of nitrogens with one attached hydrogen (secondary N) is 1. The largest absolute Gasteiger partial charge is 0.280 e. The Kier molecular flexibility index (Phi) is 4.89. The molecule has 1 heterocycles. The maximum Gasteiger partial charge on any atom is 0.280 e. The van der Waals surface area contributed by atoms with Gasteiger partial charge in [0.1, 0.15) is 0 Å². The van der Waals surface area contributed by atoms with Crippen LogP contribution in [-0.2, 0) is 4.79 Å². The summed E-state index contributed by atoms with van der Waals surface area (Å²) >= 11 is 3.44. The number of benzene rings is 2. The van der Waals surface area contributed by atoms with Crippen molar-refractivity contribution in [3.05, 3.63) is 81.3 Å². The van der Waals surface area contributed by atoms with Crippen LogP contribution in [0.3, 0.4) is 0 Å². The fourth-order valence-corrected chi connectivity index (χ4v) is 4.16. The molecule has 2 aromatic rings. The number of hydrogen-bond acceptors (Lipinski definition) is 3. The molecule has 2 aromatic carbocycles. The van der Waals surface area contributed by atoms with Crippen LogP contribution < -0.4 is 5.43 Å². The molecule has 0 bridgehead atoms. The van der Waals surface area contributed by atoms with Crippen LogP contribution in [0.1, 0.15) is 52.0 Å². The number of carbonyl (C=O) groups excluding carboxylic acids is 3. The fraction of sp³-hybridized carbons (Fsp3) is 0.227. The summed E-state index contributed by atoms with van der Waals surface area (Å²) in [5, 5.41) is 0.844. The molecule has 0 saturated carbocycles. The normalized spacial score (nSPS) is 21.4. The first-order valence-electron chi connectivity index (χ1n) is 9.15. The number of amides is 3. The maximum atomic E-state index is 13.1. The second kappa shape index (κ2) is 7.36. The standard InChI is InChI=1S/C22H19BrN2O3/c1-13-6-11-16(19(12-13)14-7-9-15(23)10-8-14)20(26)24-25-21(27)17-4-2-3-5-18(17)22(25)28/h2-10,16,19H,11-12H2,1H3,(H,24,26)/t16-,19-/m1/s1. The highest BCUT2D eigenvalue weighted by Crippen LogP contribution is 2.38. The Hall–Kier alpha value is -2.73. The first-order chi connectivity index (χ1) is 13.5. The zero-order chi connectivity index (χ0) is 19.8. The molecular weight excluding hydrogens is 420 g/mol. The van der Waals surface area contributed by atoms with Crippen LogP contribution in [0.15, 0.2) is 64.7 Å². The minimum absolute atomic E-state index is 0.00622. The van der Waals surface area contributed by atoms with Crippen LogP contribution in [0.4, 0.5) is 0 Å². The summed E-state index contributed by atoms with van der Waals surface area (Å²) in [5.41, 5.74) is 5.51. The number of carbonyl (C=O) groups is 3. The van der Waals surface area contributed by atoms with Gasteiger partial charge < -0.3 is 0 Å². The number of allylic oxidation sites excluding steroid dienone is 2. The molecule has 0 radical (unpaired) electrons. The Morgan fingerprint density at radius 3 is 2.25 bits per heavy atom. The van der Waals surface area contributed by atoms with Crippen LogP contribution in [0.25, 0.3) is 0 Å². The molecule has 2 aliphatic rings. The number of nitrogens with zero attached hydrogens (tertiary/aromatic N) is 1. The van der Waals surface area contributed by atoms with Crippen molar-refractivity contribution in [2.75, 3.05) is 0 Å². The van der Waals surface area contributed by atoms with Crippen molar-refractivity contribution in [2.24, 2.45) is 5.92 Å². The first kappa shape index (κ1) is 18.6. The zero-order valence-corrected chi connectivity index (χ0v) is 16.9. The van der Waals surface area contributed by atoms with E-state index in [-0.39, 0.29) is 17.7 Å². The third-order valence-electron chi connectivity index (χ3n) is 5.40. The van der Waals surface area contributed by atoms with Gasteiger partial charge in [-0.25, -0.2) is 0 Å². The summed E-state index contributed by atoms with van der Waals surface area (Å²) in [6.07, 6.45) is 3.39. The van der Waals surface area contributed by atoms with Crippen LogP contribution in [-0.4, -0.2) is 22.7 Å². The quantitative estimate of drug-likeness (QED) is 0.576. The summed E-state index contributed by atoms with van der Waals surface area (Å²) in [4.78, 5) is 38.1. The van der Waals surface area contributed by atoms with Gasteiger partial charge in [0.15, 0.2) is 0 Å². The van der Waals surface area contributed by atoms with E-state index in [4.69, 9.17) is 0 Å². The number of hydrazine groups is 1. The van der Waals surface area contributed by atoms with Crippen molar-refractivity contribution in [3.8, 4) is 0 Å². The number of halogens is 1. The topological polar surface area (TPSA) is 66.5 Å². The Balaban J connectivity index is 1.57. The summed E-state index contributed by atoms with van der Waals surface area (Å²) in [7, 11) is 0. The van der Waals surface area contributed by atoms with Crippen molar-refractivity contribution in [1.29, 1.82) is 0 Å². The number of imide groups is 1. The molecule has 2 atom stereocenters. The van der Waals surface area contributed by atoms with Gasteiger partial charge in [0, 0.05) is 4.47 Å². The third-order valence-corrected chi connectivity index (χ3v) is 5.93. The third kappa shape index (κ3) is 3.29. The lowest BCUT2D eigenvalue weighted by atomic mass is 9.75. The average molecular weight is 439 g/mol. The molecule has 0 saturated heterocycles. The minimum atomic E-state index is -0.489. The summed E-state index contributed by atoms with van der Waals surface area (Å²) in [5.74, 6) is -1.65. The van der Waals surface area contributed by atoms with E-state index in [0.29, 0.717) is 17.5 Å². The Bertz CT molecular complexity index is 962. The monoisotopic (exact) mass is 438 g/mol. The predicted molar refractivity (Wildman–Crippen MR) is 108 cm³/mol. The Morgan fingerprint density at radius 1 is 1.04 bits per heavy atom. The van der Waals surface area contributed by atoms with E-state index in [1.54, 1.807) is 24.3 Å². The lowest BCUT2D eigenvalue weighted by Gasteiger charge is -2.31. The molecule has 0 fully saturated rings.